The van der Waals surface area contributed by atoms with Crippen molar-refractivity contribution in [1.82, 2.24) is 9.88 Å². The maximum absolute atomic E-state index is 12.5. The van der Waals surface area contributed by atoms with Crippen LogP contribution in [0, 0.1) is 5.92 Å². The molecular formula is C15H20N2O4. The first kappa shape index (κ1) is 15.4. The minimum absolute atomic E-state index is 0.0219. The molecule has 1 fully saturated rings. The molecule has 1 aliphatic rings. The van der Waals surface area contributed by atoms with Gasteiger partial charge in [-0.15, -0.1) is 0 Å². The Hall–Kier alpha value is -1.95. The SMILES string of the molecule is COCCN(CC(=O)OC)C(=O)C1CC1c1cccnc1. The van der Waals surface area contributed by atoms with E-state index in [0.717, 1.165) is 12.0 Å². The van der Waals surface area contributed by atoms with E-state index in [1.54, 1.807) is 19.5 Å². The van der Waals surface area contributed by atoms with Crippen molar-refractivity contribution in [2.24, 2.45) is 5.92 Å². The Labute approximate surface area is 124 Å². The van der Waals surface area contributed by atoms with Crippen LogP contribution < -0.4 is 0 Å². The summed E-state index contributed by atoms with van der Waals surface area (Å²) in [5.74, 6) is -0.311. The van der Waals surface area contributed by atoms with E-state index in [2.05, 4.69) is 9.72 Å². The Kier molecular flexibility index (Phi) is 5.27. The summed E-state index contributed by atoms with van der Waals surface area (Å²) in [5, 5.41) is 0. The summed E-state index contributed by atoms with van der Waals surface area (Å²) in [4.78, 5) is 29.5. The van der Waals surface area contributed by atoms with Crippen LogP contribution in [0.25, 0.3) is 0 Å². The number of amides is 1. The number of carbonyl (C=O) groups excluding carboxylic acids is 2. The zero-order chi connectivity index (χ0) is 15.2. The first-order chi connectivity index (χ1) is 10.2. The quantitative estimate of drug-likeness (QED) is 0.696. The van der Waals surface area contributed by atoms with Crippen LogP contribution in [0.1, 0.15) is 17.9 Å². The van der Waals surface area contributed by atoms with Crippen molar-refractivity contribution >= 4 is 11.9 Å². The molecule has 2 atom stereocenters. The van der Waals surface area contributed by atoms with Gasteiger partial charge in [-0.3, -0.25) is 14.6 Å². The monoisotopic (exact) mass is 292 g/mol. The fraction of sp³-hybridized carbons (Fsp3) is 0.533. The standard InChI is InChI=1S/C15H20N2O4/c1-20-7-6-17(10-14(18)21-2)15(19)13-8-12(13)11-4-3-5-16-9-11/h3-5,9,12-13H,6-8,10H2,1-2H3. The van der Waals surface area contributed by atoms with Crippen molar-refractivity contribution in [3.63, 3.8) is 0 Å². The molecule has 1 aromatic heterocycles. The largest absolute Gasteiger partial charge is 0.468 e. The second-order valence-electron chi connectivity index (χ2n) is 5.06. The van der Waals surface area contributed by atoms with Crippen LogP contribution in [0.2, 0.25) is 0 Å². The average molecular weight is 292 g/mol. The summed E-state index contributed by atoms with van der Waals surface area (Å²) in [6.45, 7) is 0.753. The van der Waals surface area contributed by atoms with Crippen LogP contribution in [0.3, 0.4) is 0 Å². The minimum Gasteiger partial charge on any atom is -0.468 e. The molecule has 1 saturated carbocycles. The molecular weight excluding hydrogens is 272 g/mol. The molecule has 0 N–H and O–H groups in total. The van der Waals surface area contributed by atoms with Gasteiger partial charge in [-0.05, 0) is 24.0 Å². The highest BCUT2D eigenvalue weighted by molar-refractivity contribution is 5.86. The van der Waals surface area contributed by atoms with E-state index in [1.165, 1.54) is 12.0 Å². The lowest BCUT2D eigenvalue weighted by atomic mass is 10.1. The molecule has 2 unspecified atom stereocenters. The van der Waals surface area contributed by atoms with Gasteiger partial charge in [-0.1, -0.05) is 6.07 Å². The van der Waals surface area contributed by atoms with Gasteiger partial charge in [0.15, 0.2) is 0 Å². The first-order valence-corrected chi connectivity index (χ1v) is 6.91. The third kappa shape index (κ3) is 4.01. The lowest BCUT2D eigenvalue weighted by Gasteiger charge is -2.21. The Bertz CT molecular complexity index is 492. The van der Waals surface area contributed by atoms with E-state index in [4.69, 9.17) is 4.74 Å². The summed E-state index contributed by atoms with van der Waals surface area (Å²) in [7, 11) is 2.88. The van der Waals surface area contributed by atoms with Crippen LogP contribution in [0.5, 0.6) is 0 Å². The van der Waals surface area contributed by atoms with Crippen molar-refractivity contribution in [2.75, 3.05) is 33.9 Å². The minimum atomic E-state index is -0.418. The summed E-state index contributed by atoms with van der Waals surface area (Å²) in [5.41, 5.74) is 1.07. The normalized spacial score (nSPS) is 19.9. The first-order valence-electron chi connectivity index (χ1n) is 6.91. The van der Waals surface area contributed by atoms with Gasteiger partial charge in [0.05, 0.1) is 13.7 Å². The highest BCUT2D eigenvalue weighted by atomic mass is 16.5. The molecule has 0 spiro atoms. The molecule has 6 heteroatoms. The number of carbonyl (C=O) groups is 2. The Morgan fingerprint density at radius 1 is 1.43 bits per heavy atom. The number of pyridine rings is 1. The van der Waals surface area contributed by atoms with Crippen LogP contribution in [0.4, 0.5) is 0 Å². The van der Waals surface area contributed by atoms with E-state index < -0.39 is 5.97 Å². The van der Waals surface area contributed by atoms with Crippen LogP contribution in [0.15, 0.2) is 24.5 Å². The summed E-state index contributed by atoms with van der Waals surface area (Å²) in [6.07, 6.45) is 4.30. The molecule has 6 nitrogen and oxygen atoms in total. The Morgan fingerprint density at radius 2 is 2.24 bits per heavy atom. The van der Waals surface area contributed by atoms with Gasteiger partial charge < -0.3 is 14.4 Å². The van der Waals surface area contributed by atoms with Crippen molar-refractivity contribution in [2.45, 2.75) is 12.3 Å². The molecule has 0 aliphatic heterocycles. The number of aromatic nitrogens is 1. The molecule has 1 aliphatic carbocycles. The van der Waals surface area contributed by atoms with Crippen molar-refractivity contribution in [1.29, 1.82) is 0 Å². The maximum Gasteiger partial charge on any atom is 0.325 e. The fourth-order valence-electron chi connectivity index (χ4n) is 2.36. The van der Waals surface area contributed by atoms with E-state index in [0.29, 0.717) is 13.2 Å². The lowest BCUT2D eigenvalue weighted by molar-refractivity contribution is -0.147. The number of hydrogen-bond acceptors (Lipinski definition) is 5. The topological polar surface area (TPSA) is 68.7 Å². The third-order valence-corrected chi connectivity index (χ3v) is 3.64. The van der Waals surface area contributed by atoms with Crippen molar-refractivity contribution < 1.29 is 19.1 Å². The second-order valence-corrected chi connectivity index (χ2v) is 5.06. The number of esters is 1. The molecule has 1 amide bonds. The Balaban J connectivity index is 1.97. The van der Waals surface area contributed by atoms with Gasteiger partial charge in [0.2, 0.25) is 5.91 Å². The van der Waals surface area contributed by atoms with Gasteiger partial charge in [-0.25, -0.2) is 0 Å². The molecule has 114 valence electrons. The maximum atomic E-state index is 12.5. The van der Waals surface area contributed by atoms with Crippen molar-refractivity contribution in [3.8, 4) is 0 Å². The molecule has 21 heavy (non-hydrogen) atoms. The number of nitrogens with zero attached hydrogens (tertiary/aromatic N) is 2. The van der Waals surface area contributed by atoms with Gasteiger partial charge in [0, 0.05) is 32.0 Å². The zero-order valence-corrected chi connectivity index (χ0v) is 12.3. The van der Waals surface area contributed by atoms with Crippen LogP contribution in [-0.2, 0) is 19.1 Å². The number of hydrogen-bond donors (Lipinski definition) is 0. The van der Waals surface area contributed by atoms with E-state index in [-0.39, 0.29) is 24.3 Å². The zero-order valence-electron chi connectivity index (χ0n) is 12.3. The highest BCUT2D eigenvalue weighted by Crippen LogP contribution is 2.48. The van der Waals surface area contributed by atoms with Gasteiger partial charge >= 0.3 is 5.97 Å². The van der Waals surface area contributed by atoms with Crippen LogP contribution >= 0.6 is 0 Å². The molecule has 0 saturated heterocycles. The molecule has 1 aromatic rings. The lowest BCUT2D eigenvalue weighted by Crippen LogP contribution is -2.39. The Morgan fingerprint density at radius 3 is 2.86 bits per heavy atom. The smallest absolute Gasteiger partial charge is 0.325 e. The molecule has 2 rings (SSSR count). The van der Waals surface area contributed by atoms with Gasteiger partial charge in [0.25, 0.3) is 0 Å². The number of ether oxygens (including phenoxy) is 2. The van der Waals surface area contributed by atoms with E-state index in [9.17, 15) is 9.59 Å². The molecule has 0 radical (unpaired) electrons. The third-order valence-electron chi connectivity index (χ3n) is 3.64. The van der Waals surface area contributed by atoms with E-state index >= 15 is 0 Å². The number of rotatable bonds is 7. The summed E-state index contributed by atoms with van der Waals surface area (Å²) >= 11 is 0. The highest BCUT2D eigenvalue weighted by Gasteiger charge is 2.46. The summed E-state index contributed by atoms with van der Waals surface area (Å²) < 4.78 is 9.63. The molecule has 1 heterocycles. The average Bonchev–Trinajstić information content (AvgIpc) is 3.32. The molecule has 0 bridgehead atoms. The summed E-state index contributed by atoms with van der Waals surface area (Å²) in [6, 6.07) is 3.84. The van der Waals surface area contributed by atoms with E-state index in [1.807, 2.05) is 12.1 Å². The fourth-order valence-corrected chi connectivity index (χ4v) is 2.36. The van der Waals surface area contributed by atoms with Gasteiger partial charge in [0.1, 0.15) is 6.54 Å². The van der Waals surface area contributed by atoms with Crippen LogP contribution in [-0.4, -0.2) is 55.7 Å². The predicted octanol–water partition coefficient (Wildman–Crippen LogP) is 0.833. The predicted molar refractivity (Wildman–Crippen MR) is 75.6 cm³/mol. The molecule has 0 aromatic carbocycles. The van der Waals surface area contributed by atoms with Gasteiger partial charge in [-0.2, -0.15) is 0 Å². The number of methoxy groups -OCH3 is 2. The second kappa shape index (κ2) is 7.17. The van der Waals surface area contributed by atoms with Crippen molar-refractivity contribution in [3.05, 3.63) is 30.1 Å².